The minimum atomic E-state index is 0.240. The smallest absolute Gasteiger partial charge is 0.220 e. The molecule has 3 unspecified atom stereocenters. The number of hydrogen-bond donors (Lipinski definition) is 2. The molecule has 3 aliphatic rings. The van der Waals surface area contributed by atoms with Gasteiger partial charge in [0.25, 0.3) is 0 Å². The first-order chi connectivity index (χ1) is 9.28. The quantitative estimate of drug-likeness (QED) is 0.807. The Morgan fingerprint density at radius 2 is 1.95 bits per heavy atom. The van der Waals surface area contributed by atoms with Crippen LogP contribution in [-0.2, 0) is 4.79 Å². The lowest BCUT2D eigenvalue weighted by atomic mass is 9.80. The van der Waals surface area contributed by atoms with Gasteiger partial charge in [0.1, 0.15) is 0 Å². The van der Waals surface area contributed by atoms with Crippen molar-refractivity contribution in [1.29, 1.82) is 0 Å². The molecule has 3 heterocycles. The fourth-order valence-corrected chi connectivity index (χ4v) is 4.44. The molecule has 2 N–H and O–H groups in total. The second kappa shape index (κ2) is 5.80. The first-order valence-electron chi connectivity index (χ1n) is 8.05. The van der Waals surface area contributed by atoms with Crippen molar-refractivity contribution in [3.8, 4) is 0 Å². The summed E-state index contributed by atoms with van der Waals surface area (Å²) in [6.07, 6.45) is 8.47. The monoisotopic (exact) mass is 265 g/mol. The summed E-state index contributed by atoms with van der Waals surface area (Å²) in [5.41, 5.74) is 0. The van der Waals surface area contributed by atoms with Gasteiger partial charge in [0.05, 0.1) is 0 Å². The van der Waals surface area contributed by atoms with Gasteiger partial charge in [-0.05, 0) is 38.6 Å². The number of carbonyl (C=O) groups is 1. The van der Waals surface area contributed by atoms with Crippen molar-refractivity contribution in [1.82, 2.24) is 15.5 Å². The third-order valence-corrected chi connectivity index (χ3v) is 5.19. The average molecular weight is 265 g/mol. The molecule has 0 spiro atoms. The van der Waals surface area contributed by atoms with Crippen LogP contribution in [0.1, 0.15) is 51.9 Å². The van der Waals surface area contributed by atoms with Gasteiger partial charge in [-0.2, -0.15) is 0 Å². The molecule has 4 heteroatoms. The Morgan fingerprint density at radius 1 is 1.21 bits per heavy atom. The van der Waals surface area contributed by atoms with Crippen molar-refractivity contribution in [2.45, 2.75) is 76.0 Å². The number of hydrogen-bond acceptors (Lipinski definition) is 3. The summed E-state index contributed by atoms with van der Waals surface area (Å²) in [6, 6.07) is 2.80. The first-order valence-corrected chi connectivity index (χ1v) is 8.05. The van der Waals surface area contributed by atoms with Crippen LogP contribution in [0.5, 0.6) is 0 Å². The lowest BCUT2D eigenvalue weighted by Gasteiger charge is -2.53. The molecule has 0 saturated carbocycles. The Morgan fingerprint density at radius 3 is 2.53 bits per heavy atom. The van der Waals surface area contributed by atoms with E-state index in [-0.39, 0.29) is 5.91 Å². The number of nitrogens with one attached hydrogen (secondary N) is 2. The third-order valence-electron chi connectivity index (χ3n) is 5.19. The van der Waals surface area contributed by atoms with Crippen LogP contribution in [-0.4, -0.2) is 48.1 Å². The van der Waals surface area contributed by atoms with Crippen LogP contribution in [0.3, 0.4) is 0 Å². The average Bonchev–Trinajstić information content (AvgIpc) is 2.39. The van der Waals surface area contributed by atoms with Gasteiger partial charge in [-0.1, -0.05) is 13.3 Å². The van der Waals surface area contributed by atoms with Gasteiger partial charge in [0.15, 0.2) is 0 Å². The lowest BCUT2D eigenvalue weighted by molar-refractivity contribution is -0.124. The molecule has 0 radical (unpaired) electrons. The molecular formula is C15H27N3O. The molecule has 2 bridgehead atoms. The molecule has 0 aromatic rings. The highest BCUT2D eigenvalue weighted by molar-refractivity contribution is 5.76. The van der Waals surface area contributed by atoms with Gasteiger partial charge < -0.3 is 10.6 Å². The van der Waals surface area contributed by atoms with Crippen molar-refractivity contribution >= 4 is 5.91 Å². The predicted molar refractivity (Wildman–Crippen MR) is 76.0 cm³/mol. The molecule has 1 amide bonds. The van der Waals surface area contributed by atoms with Crippen LogP contribution >= 0.6 is 0 Å². The van der Waals surface area contributed by atoms with Crippen LogP contribution < -0.4 is 10.6 Å². The van der Waals surface area contributed by atoms with Crippen LogP contribution in [0.2, 0.25) is 0 Å². The minimum absolute atomic E-state index is 0.240. The highest BCUT2D eigenvalue weighted by Gasteiger charge is 2.41. The van der Waals surface area contributed by atoms with E-state index >= 15 is 0 Å². The molecule has 0 aromatic carbocycles. The van der Waals surface area contributed by atoms with Gasteiger partial charge in [0, 0.05) is 37.1 Å². The highest BCUT2D eigenvalue weighted by atomic mass is 16.1. The van der Waals surface area contributed by atoms with E-state index in [2.05, 4.69) is 22.5 Å². The summed E-state index contributed by atoms with van der Waals surface area (Å²) in [4.78, 5) is 14.1. The van der Waals surface area contributed by atoms with Gasteiger partial charge in [-0.15, -0.1) is 0 Å². The summed E-state index contributed by atoms with van der Waals surface area (Å²) in [6.45, 7) is 4.17. The molecule has 3 atom stereocenters. The highest BCUT2D eigenvalue weighted by Crippen LogP contribution is 2.36. The molecule has 19 heavy (non-hydrogen) atoms. The summed E-state index contributed by atoms with van der Waals surface area (Å²) < 4.78 is 0. The zero-order valence-electron chi connectivity index (χ0n) is 12.0. The van der Waals surface area contributed by atoms with Gasteiger partial charge >= 0.3 is 0 Å². The minimum Gasteiger partial charge on any atom is -0.355 e. The summed E-state index contributed by atoms with van der Waals surface area (Å²) in [7, 11) is 0. The van der Waals surface area contributed by atoms with Crippen molar-refractivity contribution in [3.05, 3.63) is 0 Å². The van der Waals surface area contributed by atoms with E-state index in [0.717, 1.165) is 44.1 Å². The molecule has 0 aliphatic carbocycles. The zero-order valence-corrected chi connectivity index (χ0v) is 12.0. The van der Waals surface area contributed by atoms with Crippen molar-refractivity contribution in [3.63, 3.8) is 0 Å². The van der Waals surface area contributed by atoms with E-state index in [0.29, 0.717) is 6.04 Å². The summed E-state index contributed by atoms with van der Waals surface area (Å²) in [5.74, 6) is 0.240. The molecule has 3 saturated heterocycles. The number of fused-ring (bicyclic) bond motifs is 2. The molecule has 3 aliphatic heterocycles. The Kier molecular flexibility index (Phi) is 4.08. The SMILES string of the molecule is CCNC1CC2CCCC(C1)N2C1CCC(=O)NC1. The topological polar surface area (TPSA) is 44.4 Å². The van der Waals surface area contributed by atoms with E-state index < -0.39 is 0 Å². The molecule has 108 valence electrons. The van der Waals surface area contributed by atoms with Crippen LogP contribution in [0.4, 0.5) is 0 Å². The lowest BCUT2D eigenvalue weighted by Crippen LogP contribution is -2.62. The normalized spacial score (nSPS) is 39.9. The first kappa shape index (κ1) is 13.4. The van der Waals surface area contributed by atoms with Crippen molar-refractivity contribution in [2.24, 2.45) is 0 Å². The predicted octanol–water partition coefficient (Wildman–Crippen LogP) is 1.26. The maximum atomic E-state index is 11.3. The van der Waals surface area contributed by atoms with Crippen LogP contribution in [0, 0.1) is 0 Å². The van der Waals surface area contributed by atoms with E-state index in [9.17, 15) is 4.79 Å². The van der Waals surface area contributed by atoms with Crippen LogP contribution in [0.15, 0.2) is 0 Å². The van der Waals surface area contributed by atoms with E-state index in [1.54, 1.807) is 0 Å². The largest absolute Gasteiger partial charge is 0.355 e. The zero-order chi connectivity index (χ0) is 13.2. The number of amides is 1. The second-order valence-electron chi connectivity index (χ2n) is 6.41. The third kappa shape index (κ3) is 2.79. The maximum absolute atomic E-state index is 11.3. The number of piperidine rings is 3. The maximum Gasteiger partial charge on any atom is 0.220 e. The number of carbonyl (C=O) groups excluding carboxylic acids is 1. The Hall–Kier alpha value is -0.610. The molecule has 4 nitrogen and oxygen atoms in total. The summed E-state index contributed by atoms with van der Waals surface area (Å²) in [5, 5.41) is 6.71. The Bertz CT molecular complexity index is 309. The van der Waals surface area contributed by atoms with Gasteiger partial charge in [-0.3, -0.25) is 9.69 Å². The molecular weight excluding hydrogens is 238 g/mol. The van der Waals surface area contributed by atoms with Crippen molar-refractivity contribution < 1.29 is 4.79 Å². The summed E-state index contributed by atoms with van der Waals surface area (Å²) >= 11 is 0. The van der Waals surface area contributed by atoms with E-state index in [1.807, 2.05) is 0 Å². The van der Waals surface area contributed by atoms with Gasteiger partial charge in [0.2, 0.25) is 5.91 Å². The van der Waals surface area contributed by atoms with E-state index in [1.165, 1.54) is 32.1 Å². The van der Waals surface area contributed by atoms with E-state index in [4.69, 9.17) is 0 Å². The standard InChI is InChI=1S/C15H27N3O/c1-2-16-11-8-12-4-3-5-13(9-11)18(12)14-6-7-15(19)17-10-14/h11-14,16H,2-10H2,1H3,(H,17,19). The van der Waals surface area contributed by atoms with Crippen LogP contribution in [0.25, 0.3) is 0 Å². The molecule has 3 fully saturated rings. The van der Waals surface area contributed by atoms with Gasteiger partial charge in [-0.25, -0.2) is 0 Å². The number of nitrogens with zero attached hydrogens (tertiary/aromatic N) is 1. The Labute approximate surface area is 116 Å². The molecule has 3 rings (SSSR count). The fourth-order valence-electron chi connectivity index (χ4n) is 4.44. The molecule has 0 aromatic heterocycles. The Balaban J connectivity index is 1.66. The fraction of sp³-hybridized carbons (Fsp3) is 0.933. The second-order valence-corrected chi connectivity index (χ2v) is 6.41. The van der Waals surface area contributed by atoms with Crippen molar-refractivity contribution in [2.75, 3.05) is 13.1 Å². The number of rotatable bonds is 3.